The lowest BCUT2D eigenvalue weighted by Gasteiger charge is -2.44. The van der Waals surface area contributed by atoms with Crippen LogP contribution in [0.25, 0.3) is 0 Å². The van der Waals surface area contributed by atoms with Crippen molar-refractivity contribution < 1.29 is 14.3 Å². The van der Waals surface area contributed by atoms with E-state index in [1.807, 2.05) is 54.3 Å². The maximum atomic E-state index is 13.7. The molecule has 3 saturated heterocycles. The van der Waals surface area contributed by atoms with Gasteiger partial charge in [0.15, 0.2) is 11.0 Å². The monoisotopic (exact) mass is 575 g/mol. The zero-order valence-electron chi connectivity index (χ0n) is 23.1. The second-order valence-electron chi connectivity index (χ2n) is 10.9. The SMILES string of the molecule is Cc1c(C(=O)N2CCN(C(=O)OCc3ccccc3)CC2)cccc1N1C2CCC1CN(c1cc(Cl)nnc1N)C2. The molecule has 10 nitrogen and oxygen atoms in total. The minimum Gasteiger partial charge on any atom is -0.445 e. The standard InChI is InChI=1S/C30H34ClN7O3/c1-20-24(29(39)35-12-14-36(15-13-35)30(40)41-19-21-6-3-2-4-7-21)8-5-9-25(20)38-22-10-11-23(38)18-37(17-22)26-16-27(31)33-34-28(26)32/h2-9,16,22-23H,10-15,17-19H2,1H3,(H2,32,34). The summed E-state index contributed by atoms with van der Waals surface area (Å²) in [7, 11) is 0. The summed E-state index contributed by atoms with van der Waals surface area (Å²) in [5.41, 5.74) is 10.7. The number of anilines is 3. The normalized spacial score (nSPS) is 20.3. The first-order chi connectivity index (χ1) is 19.9. The number of aromatic nitrogens is 2. The molecular formula is C30H34ClN7O3. The second kappa shape index (κ2) is 11.4. The molecule has 4 heterocycles. The third-order valence-corrected chi connectivity index (χ3v) is 8.62. The van der Waals surface area contributed by atoms with Crippen molar-refractivity contribution in [1.82, 2.24) is 20.0 Å². The van der Waals surface area contributed by atoms with Crippen molar-refractivity contribution in [3.8, 4) is 0 Å². The van der Waals surface area contributed by atoms with E-state index in [0.717, 1.165) is 48.4 Å². The molecule has 3 fully saturated rings. The zero-order valence-corrected chi connectivity index (χ0v) is 23.8. The molecule has 2 aromatic carbocycles. The summed E-state index contributed by atoms with van der Waals surface area (Å²) in [6.07, 6.45) is 1.78. The average molecular weight is 576 g/mol. The summed E-state index contributed by atoms with van der Waals surface area (Å²) >= 11 is 6.11. The summed E-state index contributed by atoms with van der Waals surface area (Å²) in [4.78, 5) is 34.5. The minimum absolute atomic E-state index is 0.00193. The molecule has 11 heteroatoms. The van der Waals surface area contributed by atoms with Crippen molar-refractivity contribution in [2.24, 2.45) is 0 Å². The first-order valence-electron chi connectivity index (χ1n) is 14.1. The van der Waals surface area contributed by atoms with Crippen molar-refractivity contribution in [3.05, 3.63) is 76.4 Å². The molecule has 3 aliphatic rings. The average Bonchev–Trinajstić information content (AvgIpc) is 3.25. The van der Waals surface area contributed by atoms with Crippen molar-refractivity contribution in [1.29, 1.82) is 0 Å². The smallest absolute Gasteiger partial charge is 0.410 e. The molecule has 0 saturated carbocycles. The van der Waals surface area contributed by atoms with Crippen molar-refractivity contribution >= 4 is 40.8 Å². The number of carbonyl (C=O) groups excluding carboxylic acids is 2. The molecule has 6 rings (SSSR count). The van der Waals surface area contributed by atoms with Crippen molar-refractivity contribution in [2.45, 2.75) is 38.5 Å². The molecule has 2 bridgehead atoms. The molecule has 2 N–H and O–H groups in total. The Balaban J connectivity index is 1.10. The zero-order chi connectivity index (χ0) is 28.5. The lowest BCUT2D eigenvalue weighted by Crippen LogP contribution is -2.54. The number of hydrogen-bond donors (Lipinski definition) is 1. The fourth-order valence-corrected chi connectivity index (χ4v) is 6.46. The van der Waals surface area contributed by atoms with Gasteiger partial charge in [0, 0.05) is 68.7 Å². The van der Waals surface area contributed by atoms with Gasteiger partial charge in [-0.25, -0.2) is 4.79 Å². The highest BCUT2D eigenvalue weighted by Crippen LogP contribution is 2.39. The topological polar surface area (TPSA) is 108 Å². The maximum Gasteiger partial charge on any atom is 0.410 e. The van der Waals surface area contributed by atoms with Gasteiger partial charge in [0.25, 0.3) is 5.91 Å². The Kier molecular flexibility index (Phi) is 7.57. The number of piperazine rings is 2. The Morgan fingerprint density at radius 3 is 2.32 bits per heavy atom. The molecule has 2 amide bonds. The molecule has 0 aliphatic carbocycles. The predicted octanol–water partition coefficient (Wildman–Crippen LogP) is 3.97. The summed E-state index contributed by atoms with van der Waals surface area (Å²) in [6, 6.07) is 18.0. The number of benzene rings is 2. The van der Waals surface area contributed by atoms with E-state index in [1.165, 1.54) is 0 Å². The molecule has 3 aliphatic heterocycles. The molecule has 1 aromatic heterocycles. The summed E-state index contributed by atoms with van der Waals surface area (Å²) < 4.78 is 5.48. The number of nitrogen functional groups attached to an aromatic ring is 1. The number of nitrogens with zero attached hydrogens (tertiary/aromatic N) is 6. The number of ether oxygens (including phenoxy) is 1. The quantitative estimate of drug-likeness (QED) is 0.487. The van der Waals surface area contributed by atoms with E-state index >= 15 is 0 Å². The van der Waals surface area contributed by atoms with Gasteiger partial charge in [-0.15, -0.1) is 10.2 Å². The van der Waals surface area contributed by atoms with E-state index in [-0.39, 0.29) is 30.7 Å². The number of nitrogens with two attached hydrogens (primary N) is 1. The Morgan fingerprint density at radius 2 is 1.61 bits per heavy atom. The summed E-state index contributed by atoms with van der Waals surface area (Å²) in [5.74, 6) is 0.383. The molecule has 0 radical (unpaired) electrons. The largest absolute Gasteiger partial charge is 0.445 e. The molecule has 2 atom stereocenters. The first-order valence-corrected chi connectivity index (χ1v) is 14.4. The summed E-state index contributed by atoms with van der Waals surface area (Å²) in [5, 5.41) is 8.18. The van der Waals surface area contributed by atoms with Gasteiger partial charge in [0.2, 0.25) is 0 Å². The van der Waals surface area contributed by atoms with Gasteiger partial charge in [-0.3, -0.25) is 4.79 Å². The highest BCUT2D eigenvalue weighted by molar-refractivity contribution is 6.29. The Bertz CT molecular complexity index is 1420. The van der Waals surface area contributed by atoms with Gasteiger partial charge in [-0.05, 0) is 43.0 Å². The number of halogens is 1. The van der Waals surface area contributed by atoms with Crippen LogP contribution >= 0.6 is 11.6 Å². The lowest BCUT2D eigenvalue weighted by molar-refractivity contribution is 0.0543. The highest BCUT2D eigenvalue weighted by atomic mass is 35.5. The van der Waals surface area contributed by atoms with Gasteiger partial charge in [0.1, 0.15) is 6.61 Å². The number of carbonyl (C=O) groups is 2. The second-order valence-corrected chi connectivity index (χ2v) is 11.3. The number of amides is 2. The maximum absolute atomic E-state index is 13.7. The fraction of sp³-hybridized carbons (Fsp3) is 0.400. The van der Waals surface area contributed by atoms with Crippen molar-refractivity contribution in [3.63, 3.8) is 0 Å². The lowest BCUT2D eigenvalue weighted by atomic mass is 10.0. The molecule has 0 spiro atoms. The van der Waals surface area contributed by atoms with Crippen LogP contribution in [0.15, 0.2) is 54.6 Å². The van der Waals surface area contributed by atoms with Gasteiger partial charge in [0.05, 0.1) is 5.69 Å². The van der Waals surface area contributed by atoms with E-state index in [9.17, 15) is 9.59 Å². The molecule has 214 valence electrons. The van der Waals surface area contributed by atoms with E-state index < -0.39 is 0 Å². The van der Waals surface area contributed by atoms with Crippen LogP contribution in [0.2, 0.25) is 5.15 Å². The van der Waals surface area contributed by atoms with Crippen molar-refractivity contribution in [2.75, 3.05) is 54.8 Å². The van der Waals surface area contributed by atoms with Crippen LogP contribution in [0, 0.1) is 6.92 Å². The van der Waals surface area contributed by atoms with E-state index in [2.05, 4.69) is 26.1 Å². The van der Waals surface area contributed by atoms with Crippen LogP contribution < -0.4 is 15.5 Å². The van der Waals surface area contributed by atoms with Crippen LogP contribution in [-0.4, -0.2) is 83.3 Å². The van der Waals surface area contributed by atoms with E-state index in [0.29, 0.717) is 42.7 Å². The Morgan fingerprint density at radius 1 is 0.927 bits per heavy atom. The van der Waals surface area contributed by atoms with Gasteiger partial charge >= 0.3 is 6.09 Å². The van der Waals surface area contributed by atoms with Crippen LogP contribution in [0.4, 0.5) is 22.0 Å². The van der Waals surface area contributed by atoms with Crippen LogP contribution in [-0.2, 0) is 11.3 Å². The van der Waals surface area contributed by atoms with Crippen LogP contribution in [0.5, 0.6) is 0 Å². The number of fused-ring (bicyclic) bond motifs is 2. The Hall–Kier alpha value is -4.05. The van der Waals surface area contributed by atoms with Gasteiger partial charge < -0.3 is 30.1 Å². The van der Waals surface area contributed by atoms with E-state index in [4.69, 9.17) is 22.1 Å². The first kappa shape index (κ1) is 27.1. The summed E-state index contributed by atoms with van der Waals surface area (Å²) in [6.45, 7) is 5.69. The van der Waals surface area contributed by atoms with E-state index in [1.54, 1.807) is 11.0 Å². The van der Waals surface area contributed by atoms with Gasteiger partial charge in [-0.2, -0.15) is 0 Å². The molecule has 2 unspecified atom stereocenters. The van der Waals surface area contributed by atoms with Crippen LogP contribution in [0.3, 0.4) is 0 Å². The minimum atomic E-state index is -0.347. The van der Waals surface area contributed by atoms with Gasteiger partial charge in [-0.1, -0.05) is 48.0 Å². The molecule has 41 heavy (non-hydrogen) atoms. The highest BCUT2D eigenvalue weighted by Gasteiger charge is 2.41. The Labute approximate surface area is 244 Å². The number of rotatable bonds is 5. The molecular weight excluding hydrogens is 542 g/mol. The molecule has 3 aromatic rings. The van der Waals surface area contributed by atoms with Crippen LogP contribution in [0.1, 0.15) is 34.3 Å². The predicted molar refractivity (Wildman–Crippen MR) is 158 cm³/mol. The fourth-order valence-electron chi connectivity index (χ4n) is 6.32. The number of hydrogen-bond acceptors (Lipinski definition) is 8. The third-order valence-electron chi connectivity index (χ3n) is 8.44. The third kappa shape index (κ3) is 5.48.